The van der Waals surface area contributed by atoms with E-state index in [1.54, 1.807) is 4.90 Å². The number of hydrogen-bond acceptors (Lipinski definition) is 2. The van der Waals surface area contributed by atoms with Crippen LogP contribution in [0, 0.1) is 17.6 Å². The molecule has 0 aliphatic heterocycles. The van der Waals surface area contributed by atoms with E-state index < -0.39 is 11.6 Å². The van der Waals surface area contributed by atoms with Crippen LogP contribution in [0.4, 0.5) is 8.78 Å². The molecule has 5 heteroatoms. The van der Waals surface area contributed by atoms with Gasteiger partial charge in [-0.3, -0.25) is 4.79 Å². The third kappa shape index (κ3) is 4.56. The summed E-state index contributed by atoms with van der Waals surface area (Å²) in [6.07, 6.45) is 1.54. The van der Waals surface area contributed by atoms with E-state index in [2.05, 4.69) is 0 Å². The van der Waals surface area contributed by atoms with Crippen molar-refractivity contribution in [2.24, 2.45) is 11.7 Å². The van der Waals surface area contributed by atoms with E-state index in [1.165, 1.54) is 6.07 Å². The molecule has 0 aromatic heterocycles. The molecule has 0 fully saturated rings. The number of nitrogens with two attached hydrogens (primary N) is 1. The first-order chi connectivity index (χ1) is 9.49. The molecule has 20 heavy (non-hydrogen) atoms. The summed E-state index contributed by atoms with van der Waals surface area (Å²) in [7, 11) is 0. The third-order valence-electron chi connectivity index (χ3n) is 3.31. The molecule has 0 heterocycles. The van der Waals surface area contributed by atoms with Crippen LogP contribution in [0.25, 0.3) is 0 Å². The van der Waals surface area contributed by atoms with Crippen LogP contribution < -0.4 is 5.73 Å². The van der Waals surface area contributed by atoms with Crippen LogP contribution in [0.3, 0.4) is 0 Å². The number of nitrogens with zero attached hydrogens (tertiary/aromatic N) is 1. The SMILES string of the molecule is CCN(Cc1ccc(F)c(F)c1)C(=O)C(C)CCCN. The van der Waals surface area contributed by atoms with E-state index in [1.807, 2.05) is 13.8 Å². The van der Waals surface area contributed by atoms with Crippen LogP contribution in [-0.4, -0.2) is 23.9 Å². The number of rotatable bonds is 7. The molecule has 0 aliphatic rings. The second kappa shape index (κ2) is 7.94. The molecule has 0 bridgehead atoms. The van der Waals surface area contributed by atoms with Crippen molar-refractivity contribution in [1.82, 2.24) is 4.90 Å². The normalized spacial score (nSPS) is 12.2. The van der Waals surface area contributed by atoms with Crippen molar-refractivity contribution in [3.05, 3.63) is 35.4 Å². The maximum absolute atomic E-state index is 13.2. The molecular formula is C15H22F2N2O. The molecular weight excluding hydrogens is 262 g/mol. The zero-order valence-electron chi connectivity index (χ0n) is 12.0. The second-order valence-electron chi connectivity index (χ2n) is 4.93. The highest BCUT2D eigenvalue weighted by atomic mass is 19.2. The van der Waals surface area contributed by atoms with Gasteiger partial charge in [-0.1, -0.05) is 13.0 Å². The van der Waals surface area contributed by atoms with Crippen molar-refractivity contribution in [1.29, 1.82) is 0 Å². The highest BCUT2D eigenvalue weighted by Crippen LogP contribution is 2.15. The molecule has 1 unspecified atom stereocenters. The topological polar surface area (TPSA) is 46.3 Å². The quantitative estimate of drug-likeness (QED) is 0.836. The average molecular weight is 284 g/mol. The molecule has 1 aromatic rings. The molecule has 0 aliphatic carbocycles. The number of benzene rings is 1. The molecule has 0 spiro atoms. The van der Waals surface area contributed by atoms with E-state index in [0.717, 1.165) is 25.0 Å². The fourth-order valence-corrected chi connectivity index (χ4v) is 2.06. The smallest absolute Gasteiger partial charge is 0.225 e. The molecule has 0 saturated heterocycles. The minimum Gasteiger partial charge on any atom is -0.338 e. The van der Waals surface area contributed by atoms with Gasteiger partial charge in [0.15, 0.2) is 11.6 Å². The van der Waals surface area contributed by atoms with Gasteiger partial charge >= 0.3 is 0 Å². The van der Waals surface area contributed by atoms with E-state index >= 15 is 0 Å². The number of carbonyl (C=O) groups is 1. The molecule has 1 aromatic carbocycles. The molecule has 0 radical (unpaired) electrons. The van der Waals surface area contributed by atoms with Gasteiger partial charge in [-0.2, -0.15) is 0 Å². The van der Waals surface area contributed by atoms with Crippen molar-refractivity contribution < 1.29 is 13.6 Å². The molecule has 3 nitrogen and oxygen atoms in total. The van der Waals surface area contributed by atoms with Gasteiger partial charge in [0, 0.05) is 19.0 Å². The molecule has 112 valence electrons. The van der Waals surface area contributed by atoms with Gasteiger partial charge in [0.05, 0.1) is 0 Å². The molecule has 2 N–H and O–H groups in total. The lowest BCUT2D eigenvalue weighted by atomic mass is 10.0. The van der Waals surface area contributed by atoms with Crippen LogP contribution >= 0.6 is 0 Å². The lowest BCUT2D eigenvalue weighted by Crippen LogP contribution is -2.34. The summed E-state index contributed by atoms with van der Waals surface area (Å²) in [5, 5.41) is 0. The van der Waals surface area contributed by atoms with Gasteiger partial charge < -0.3 is 10.6 Å². The van der Waals surface area contributed by atoms with E-state index in [0.29, 0.717) is 25.2 Å². The van der Waals surface area contributed by atoms with E-state index in [4.69, 9.17) is 5.73 Å². The highest BCUT2D eigenvalue weighted by Gasteiger charge is 2.19. The summed E-state index contributed by atoms with van der Waals surface area (Å²) in [5.41, 5.74) is 6.03. The van der Waals surface area contributed by atoms with Gasteiger partial charge in [0.2, 0.25) is 5.91 Å². The molecule has 1 rings (SSSR count). The van der Waals surface area contributed by atoms with Crippen LogP contribution in [-0.2, 0) is 11.3 Å². The van der Waals surface area contributed by atoms with Crippen LogP contribution in [0.5, 0.6) is 0 Å². The summed E-state index contributed by atoms with van der Waals surface area (Å²) < 4.78 is 26.0. The molecule has 1 atom stereocenters. The zero-order chi connectivity index (χ0) is 15.1. The summed E-state index contributed by atoms with van der Waals surface area (Å²) in [6.45, 7) is 5.12. The molecule has 0 saturated carbocycles. The Morgan fingerprint density at radius 2 is 2.05 bits per heavy atom. The Kier molecular flexibility index (Phi) is 6.58. The van der Waals surface area contributed by atoms with Crippen LogP contribution in [0.1, 0.15) is 32.3 Å². The lowest BCUT2D eigenvalue weighted by molar-refractivity contribution is -0.135. The van der Waals surface area contributed by atoms with Crippen molar-refractivity contribution in [2.75, 3.05) is 13.1 Å². The standard InChI is InChI=1S/C15H22F2N2O/c1-3-19(15(20)11(2)5-4-8-18)10-12-6-7-13(16)14(17)9-12/h6-7,9,11H,3-5,8,10,18H2,1-2H3. The number of hydrogen-bond donors (Lipinski definition) is 1. The van der Waals surface area contributed by atoms with Gasteiger partial charge in [0.1, 0.15) is 0 Å². The van der Waals surface area contributed by atoms with Crippen molar-refractivity contribution in [3.63, 3.8) is 0 Å². The maximum Gasteiger partial charge on any atom is 0.225 e. The summed E-state index contributed by atoms with van der Waals surface area (Å²) in [6, 6.07) is 3.72. The van der Waals surface area contributed by atoms with Crippen LogP contribution in [0.2, 0.25) is 0 Å². The largest absolute Gasteiger partial charge is 0.338 e. The fourth-order valence-electron chi connectivity index (χ4n) is 2.06. The molecule has 1 amide bonds. The van der Waals surface area contributed by atoms with E-state index in [-0.39, 0.29) is 11.8 Å². The first-order valence-electron chi connectivity index (χ1n) is 6.92. The second-order valence-corrected chi connectivity index (χ2v) is 4.93. The fraction of sp³-hybridized carbons (Fsp3) is 0.533. The first kappa shape index (κ1) is 16.6. The predicted octanol–water partition coefficient (Wildman–Crippen LogP) is 2.69. The Morgan fingerprint density at radius 1 is 1.35 bits per heavy atom. The predicted molar refractivity (Wildman–Crippen MR) is 74.9 cm³/mol. The van der Waals surface area contributed by atoms with Crippen molar-refractivity contribution in [3.8, 4) is 0 Å². The van der Waals surface area contributed by atoms with Gasteiger partial charge in [-0.25, -0.2) is 8.78 Å². The first-order valence-corrected chi connectivity index (χ1v) is 6.92. The zero-order valence-corrected chi connectivity index (χ0v) is 12.0. The van der Waals surface area contributed by atoms with Crippen molar-refractivity contribution in [2.45, 2.75) is 33.2 Å². The van der Waals surface area contributed by atoms with Crippen molar-refractivity contribution >= 4 is 5.91 Å². The van der Waals surface area contributed by atoms with Gasteiger partial charge in [-0.15, -0.1) is 0 Å². The Bertz CT molecular complexity index is 451. The summed E-state index contributed by atoms with van der Waals surface area (Å²) in [5.74, 6) is -1.85. The highest BCUT2D eigenvalue weighted by molar-refractivity contribution is 5.78. The Balaban J connectivity index is 2.70. The number of amides is 1. The van der Waals surface area contributed by atoms with Crippen LogP contribution in [0.15, 0.2) is 18.2 Å². The van der Waals surface area contributed by atoms with E-state index in [9.17, 15) is 13.6 Å². The van der Waals surface area contributed by atoms with Gasteiger partial charge in [-0.05, 0) is 44.0 Å². The third-order valence-corrected chi connectivity index (χ3v) is 3.31. The Hall–Kier alpha value is -1.49. The lowest BCUT2D eigenvalue weighted by Gasteiger charge is -2.24. The minimum absolute atomic E-state index is 0.0192. The monoisotopic (exact) mass is 284 g/mol. The Labute approximate surface area is 118 Å². The summed E-state index contributed by atoms with van der Waals surface area (Å²) >= 11 is 0. The van der Waals surface area contributed by atoms with Gasteiger partial charge in [0.25, 0.3) is 0 Å². The minimum atomic E-state index is -0.887. The summed E-state index contributed by atoms with van der Waals surface area (Å²) in [4.78, 5) is 13.9. The Morgan fingerprint density at radius 3 is 2.60 bits per heavy atom. The maximum atomic E-state index is 13.2. The average Bonchev–Trinajstić information content (AvgIpc) is 2.45. The number of halogens is 2. The number of carbonyl (C=O) groups excluding carboxylic acids is 1.